The van der Waals surface area contributed by atoms with E-state index in [1.54, 1.807) is 18.2 Å². The van der Waals surface area contributed by atoms with Gasteiger partial charge in [0.05, 0.1) is 18.5 Å². The van der Waals surface area contributed by atoms with E-state index in [4.69, 9.17) is 20.8 Å². The van der Waals surface area contributed by atoms with E-state index in [1.807, 2.05) is 106 Å². The average molecular weight is 785 g/mol. The van der Waals surface area contributed by atoms with Crippen LogP contribution in [-0.4, -0.2) is 77.1 Å². The molecule has 57 heavy (non-hydrogen) atoms. The maximum atomic E-state index is 13.6. The summed E-state index contributed by atoms with van der Waals surface area (Å²) < 4.78 is 14.6. The number of carbonyl (C=O) groups excluding carboxylic acids is 3. The first-order valence-corrected chi connectivity index (χ1v) is 19.3. The number of allylic oxidation sites excluding steroid dienone is 3. The van der Waals surface area contributed by atoms with Gasteiger partial charge in [-0.3, -0.25) is 14.4 Å². The number of hydrogen-bond donors (Lipinski definition) is 2. The van der Waals surface area contributed by atoms with E-state index in [1.165, 1.54) is 0 Å². The van der Waals surface area contributed by atoms with E-state index in [0.29, 0.717) is 21.9 Å². The van der Waals surface area contributed by atoms with Crippen LogP contribution in [-0.2, 0) is 9.59 Å². The highest BCUT2D eigenvalue weighted by molar-refractivity contribution is 6.30. The normalized spacial score (nSPS) is 16.1. The number of benzene rings is 4. The second kappa shape index (κ2) is 16.5. The van der Waals surface area contributed by atoms with Crippen molar-refractivity contribution in [1.82, 2.24) is 20.1 Å². The maximum absolute atomic E-state index is 13.6. The van der Waals surface area contributed by atoms with Crippen LogP contribution < -0.4 is 30.2 Å². The zero-order valence-corrected chi connectivity index (χ0v) is 33.8. The summed E-state index contributed by atoms with van der Waals surface area (Å²) in [5.41, 5.74) is 8.62. The SMILES string of the molecule is CC1=C(CC(=O)NCCNC(=O)c2ccc(C)c(-c3c4ccc(=[N+](C)C)cc-4oc4cc(N(C)C)ccc34)c2)C2C=C(C=O)C=CC2N1COc1ccc(Cl)cc1. The van der Waals surface area contributed by atoms with Crippen molar-refractivity contribution in [1.29, 1.82) is 0 Å². The zero-order chi connectivity index (χ0) is 40.4. The molecule has 4 aliphatic rings. The molecule has 0 fully saturated rings. The lowest BCUT2D eigenvalue weighted by Gasteiger charge is -2.30. The third-order valence-corrected chi connectivity index (χ3v) is 11.0. The summed E-state index contributed by atoms with van der Waals surface area (Å²) in [5, 5.41) is 8.55. The van der Waals surface area contributed by atoms with Crippen LogP contribution in [0.1, 0.15) is 29.3 Å². The average Bonchev–Trinajstić information content (AvgIpc) is 3.46. The smallest absolute Gasteiger partial charge is 0.251 e. The summed E-state index contributed by atoms with van der Waals surface area (Å²) >= 11 is 6.04. The van der Waals surface area contributed by atoms with Gasteiger partial charge in [0, 0.05) is 89.3 Å². The van der Waals surface area contributed by atoms with Gasteiger partial charge in [-0.15, -0.1) is 0 Å². The Morgan fingerprint density at radius 2 is 1.72 bits per heavy atom. The molecule has 2 amide bonds. The van der Waals surface area contributed by atoms with Crippen molar-refractivity contribution < 1.29 is 23.5 Å². The predicted molar refractivity (Wildman–Crippen MR) is 226 cm³/mol. The minimum absolute atomic E-state index is 0.0882. The van der Waals surface area contributed by atoms with Gasteiger partial charge in [-0.2, -0.15) is 0 Å². The van der Waals surface area contributed by atoms with Crippen LogP contribution in [0.3, 0.4) is 0 Å². The van der Waals surface area contributed by atoms with E-state index in [9.17, 15) is 14.4 Å². The Kier molecular flexibility index (Phi) is 11.3. The van der Waals surface area contributed by atoms with Gasteiger partial charge in [0.1, 0.15) is 37.5 Å². The van der Waals surface area contributed by atoms with Gasteiger partial charge in [0.2, 0.25) is 11.3 Å². The number of rotatable bonds is 12. The molecule has 2 atom stereocenters. The highest BCUT2D eigenvalue weighted by atomic mass is 35.5. The van der Waals surface area contributed by atoms with E-state index >= 15 is 0 Å². The van der Waals surface area contributed by atoms with Crippen molar-refractivity contribution in [2.75, 3.05) is 52.9 Å². The number of aldehydes is 1. The Labute approximate surface area is 337 Å². The van der Waals surface area contributed by atoms with Gasteiger partial charge < -0.3 is 29.6 Å². The lowest BCUT2D eigenvalue weighted by atomic mass is 9.86. The summed E-state index contributed by atoms with van der Waals surface area (Å²) in [7, 11) is 8.00. The van der Waals surface area contributed by atoms with Crippen LogP contribution >= 0.6 is 11.6 Å². The van der Waals surface area contributed by atoms with Crippen molar-refractivity contribution in [3.63, 3.8) is 0 Å². The molecule has 2 aliphatic carbocycles. The van der Waals surface area contributed by atoms with Gasteiger partial charge in [-0.25, -0.2) is 4.58 Å². The van der Waals surface area contributed by atoms with Gasteiger partial charge in [-0.1, -0.05) is 35.9 Å². The molecule has 0 saturated carbocycles. The number of halogens is 1. The predicted octanol–water partition coefficient (Wildman–Crippen LogP) is 6.81. The molecule has 2 unspecified atom stereocenters. The molecule has 292 valence electrons. The topological polar surface area (TPSA) is 107 Å². The van der Waals surface area contributed by atoms with Crippen molar-refractivity contribution in [2.24, 2.45) is 5.92 Å². The molecule has 10 nitrogen and oxygen atoms in total. The second-order valence-corrected chi connectivity index (χ2v) is 15.3. The molecule has 2 aliphatic heterocycles. The molecule has 0 spiro atoms. The zero-order valence-electron chi connectivity index (χ0n) is 33.1. The quantitative estimate of drug-likeness (QED) is 0.0620. The van der Waals surface area contributed by atoms with Gasteiger partial charge >= 0.3 is 0 Å². The first kappa shape index (κ1) is 39.1. The van der Waals surface area contributed by atoms with Gasteiger partial charge in [-0.05, 0) is 85.1 Å². The Balaban J connectivity index is 1.05. The number of fused-ring (bicyclic) bond motifs is 3. The van der Waals surface area contributed by atoms with Crippen LogP contribution in [0.2, 0.25) is 5.02 Å². The molecule has 0 saturated heterocycles. The van der Waals surface area contributed by atoms with Crippen LogP contribution in [0.4, 0.5) is 5.69 Å². The minimum Gasteiger partial charge on any atom is -0.473 e. The Morgan fingerprint density at radius 1 is 0.947 bits per heavy atom. The number of hydrogen-bond acceptors (Lipinski definition) is 7. The third-order valence-electron chi connectivity index (χ3n) is 10.8. The number of anilines is 1. The van der Waals surface area contributed by atoms with E-state index in [-0.39, 0.29) is 50.0 Å². The largest absolute Gasteiger partial charge is 0.473 e. The van der Waals surface area contributed by atoms with Crippen molar-refractivity contribution >= 4 is 46.4 Å². The Bertz CT molecular complexity index is 2510. The Morgan fingerprint density at radius 3 is 2.46 bits per heavy atom. The summed E-state index contributed by atoms with van der Waals surface area (Å²) in [5.74, 6) is 0.872. The molecule has 3 aromatic rings. The summed E-state index contributed by atoms with van der Waals surface area (Å²) in [4.78, 5) is 42.7. The lowest BCUT2D eigenvalue weighted by molar-refractivity contribution is -0.120. The number of carbonyl (C=O) groups is 3. The minimum atomic E-state index is -0.237. The number of aryl methyl sites for hydroxylation is 1. The van der Waals surface area contributed by atoms with Crippen molar-refractivity contribution in [3.8, 4) is 28.2 Å². The highest BCUT2D eigenvalue weighted by Crippen LogP contribution is 2.43. The molecule has 0 aromatic heterocycles. The summed E-state index contributed by atoms with van der Waals surface area (Å²) in [6.07, 6.45) is 6.68. The fraction of sp³-hybridized carbons (Fsp3) is 0.261. The van der Waals surface area contributed by atoms with Crippen LogP contribution in [0.25, 0.3) is 33.4 Å². The summed E-state index contributed by atoms with van der Waals surface area (Å²) in [6, 6.07) is 25.2. The molecule has 2 heterocycles. The van der Waals surface area contributed by atoms with E-state index in [0.717, 1.165) is 67.6 Å². The number of nitrogens with zero attached hydrogens (tertiary/aromatic N) is 3. The van der Waals surface area contributed by atoms with Gasteiger partial charge in [0.15, 0.2) is 6.73 Å². The fourth-order valence-electron chi connectivity index (χ4n) is 7.59. The van der Waals surface area contributed by atoms with E-state index in [2.05, 4.69) is 39.8 Å². The molecule has 11 heteroatoms. The summed E-state index contributed by atoms with van der Waals surface area (Å²) in [6.45, 7) is 4.78. The Hall–Kier alpha value is -6.13. The molecule has 7 rings (SSSR count). The van der Waals surface area contributed by atoms with Crippen molar-refractivity contribution in [3.05, 3.63) is 135 Å². The monoisotopic (exact) mass is 784 g/mol. The molecule has 3 aromatic carbocycles. The molecular formula is C46H47ClN5O5+. The maximum Gasteiger partial charge on any atom is 0.251 e. The second-order valence-electron chi connectivity index (χ2n) is 14.9. The molecular weight excluding hydrogens is 738 g/mol. The highest BCUT2D eigenvalue weighted by Gasteiger charge is 2.38. The molecule has 0 bridgehead atoms. The molecule has 0 radical (unpaired) electrons. The van der Waals surface area contributed by atoms with E-state index < -0.39 is 0 Å². The first-order valence-electron chi connectivity index (χ1n) is 19.0. The number of amides is 2. The number of ether oxygens (including phenoxy) is 1. The van der Waals surface area contributed by atoms with Crippen molar-refractivity contribution in [2.45, 2.75) is 26.3 Å². The molecule has 2 N–H and O–H groups in total. The fourth-order valence-corrected chi connectivity index (χ4v) is 7.71. The lowest BCUT2D eigenvalue weighted by Crippen LogP contribution is -2.36. The number of nitrogens with one attached hydrogen (secondary N) is 2. The van der Waals surface area contributed by atoms with Crippen LogP contribution in [0, 0.1) is 12.8 Å². The first-order chi connectivity index (χ1) is 27.4. The van der Waals surface area contributed by atoms with Crippen LogP contribution in [0.5, 0.6) is 5.75 Å². The van der Waals surface area contributed by atoms with Crippen LogP contribution in [0.15, 0.2) is 118 Å². The van der Waals surface area contributed by atoms with Gasteiger partial charge in [0.25, 0.3) is 5.91 Å². The standard InChI is InChI=1S/C46H46ClN5O5/c1-28-7-9-31(22-38(28)45-36-16-12-33(50(3)4)23-42(36)57-43-24-34(51(5)6)13-17-37(43)45)46(55)49-20-19-48-44(54)25-39-29(2)52(27-56-35-14-10-32(47)11-15-35)41-18-8-30(26-53)21-40(39)41/h7-18,21-24,26,40-41H,19-20,25,27H2,1-6H3,(H-,48,49,54,55)/p+1. The third kappa shape index (κ3) is 8.23.